The van der Waals surface area contributed by atoms with Crippen molar-refractivity contribution < 1.29 is 0 Å². The van der Waals surface area contributed by atoms with E-state index in [1.807, 2.05) is 0 Å². The minimum Gasteiger partial charge on any atom is -0.0733 e. The van der Waals surface area contributed by atoms with Gasteiger partial charge >= 0.3 is 0 Å². The van der Waals surface area contributed by atoms with Crippen molar-refractivity contribution in [2.75, 3.05) is 0 Å². The summed E-state index contributed by atoms with van der Waals surface area (Å²) in [5.41, 5.74) is 14.5. The molecule has 0 amide bonds. The van der Waals surface area contributed by atoms with Gasteiger partial charge in [-0.3, -0.25) is 0 Å². The minimum atomic E-state index is 0.115. The van der Waals surface area contributed by atoms with Crippen LogP contribution in [0.5, 0.6) is 0 Å². The summed E-state index contributed by atoms with van der Waals surface area (Å²) in [6.07, 6.45) is 6.26. The zero-order chi connectivity index (χ0) is 26.6. The second-order valence-corrected chi connectivity index (χ2v) is 15.7. The van der Waals surface area contributed by atoms with Gasteiger partial charge in [-0.25, -0.2) is 0 Å². The van der Waals surface area contributed by atoms with Gasteiger partial charge < -0.3 is 0 Å². The van der Waals surface area contributed by atoms with Gasteiger partial charge in [0.2, 0.25) is 0 Å². The molecule has 3 unspecified atom stereocenters. The molecule has 2 aromatic rings. The molecule has 1 saturated carbocycles. The minimum absolute atomic E-state index is 0.115. The third kappa shape index (κ3) is 3.77. The van der Waals surface area contributed by atoms with Crippen LogP contribution in [0.15, 0.2) is 53.6 Å². The van der Waals surface area contributed by atoms with E-state index in [-0.39, 0.29) is 21.7 Å². The first-order chi connectivity index (χ1) is 16.4. The van der Waals surface area contributed by atoms with Crippen LogP contribution >= 0.6 is 0 Å². The number of hydrogen-bond donors (Lipinski definition) is 0. The maximum absolute atomic E-state index is 2.62. The average Bonchev–Trinajstić information content (AvgIpc) is 3.38. The lowest BCUT2D eigenvalue weighted by molar-refractivity contribution is 0.330. The Morgan fingerprint density at radius 3 is 1.97 bits per heavy atom. The van der Waals surface area contributed by atoms with Crippen molar-refractivity contribution in [1.82, 2.24) is 0 Å². The number of allylic oxidation sites excluding steroid dienone is 4. The normalized spacial score (nSPS) is 24.8. The van der Waals surface area contributed by atoms with Gasteiger partial charge in [0.1, 0.15) is 0 Å². The largest absolute Gasteiger partial charge is 0.0733 e. The molecule has 3 aliphatic rings. The van der Waals surface area contributed by atoms with Crippen molar-refractivity contribution in [3.05, 3.63) is 81.4 Å². The van der Waals surface area contributed by atoms with Crippen LogP contribution < -0.4 is 0 Å². The number of rotatable bonds is 1. The molecule has 0 aliphatic heterocycles. The summed E-state index contributed by atoms with van der Waals surface area (Å²) in [4.78, 5) is 0. The van der Waals surface area contributed by atoms with Gasteiger partial charge in [-0.2, -0.15) is 0 Å². The van der Waals surface area contributed by atoms with E-state index in [2.05, 4.69) is 126 Å². The standard InChI is InChI=1S/C36H48/c1-21-27-19-24(34(5,6)7)20-30(27)36(11,12)32(21)31-28-18-22-17-23(33(2,3)4)13-14-25(22)26(28)15-16-29(31)35(8,9)10/h13-17,19-21,27,32H,18H2,1-12H3. The van der Waals surface area contributed by atoms with Crippen molar-refractivity contribution in [3.8, 4) is 11.1 Å². The molecule has 0 bridgehead atoms. The number of hydrogen-bond acceptors (Lipinski definition) is 0. The van der Waals surface area contributed by atoms with Crippen molar-refractivity contribution in [2.24, 2.45) is 22.7 Å². The first-order valence-corrected chi connectivity index (χ1v) is 14.2. The molecular weight excluding hydrogens is 432 g/mol. The molecule has 0 heteroatoms. The van der Waals surface area contributed by atoms with Gasteiger partial charge in [0.15, 0.2) is 0 Å². The summed E-state index contributed by atoms with van der Waals surface area (Å²) in [7, 11) is 0. The Bertz CT molecular complexity index is 1290. The molecule has 0 heterocycles. The van der Waals surface area contributed by atoms with Gasteiger partial charge in [-0.1, -0.05) is 131 Å². The molecule has 3 aliphatic carbocycles. The van der Waals surface area contributed by atoms with Gasteiger partial charge in [-0.05, 0) is 84.4 Å². The predicted octanol–water partition coefficient (Wildman–Crippen LogP) is 10.1. The van der Waals surface area contributed by atoms with E-state index in [1.54, 1.807) is 22.3 Å². The van der Waals surface area contributed by atoms with Crippen LogP contribution in [0.4, 0.5) is 0 Å². The fraction of sp³-hybridized carbons (Fsp3) is 0.556. The van der Waals surface area contributed by atoms with E-state index in [4.69, 9.17) is 0 Å². The van der Waals surface area contributed by atoms with Crippen molar-refractivity contribution in [2.45, 2.75) is 106 Å². The molecule has 36 heavy (non-hydrogen) atoms. The maximum atomic E-state index is 2.62. The van der Waals surface area contributed by atoms with Crippen LogP contribution in [-0.4, -0.2) is 0 Å². The van der Waals surface area contributed by atoms with Crippen molar-refractivity contribution in [3.63, 3.8) is 0 Å². The lowest BCUT2D eigenvalue weighted by atomic mass is 9.66. The van der Waals surface area contributed by atoms with Crippen molar-refractivity contribution >= 4 is 0 Å². The molecule has 0 radical (unpaired) electrons. The molecule has 1 fully saturated rings. The molecule has 5 rings (SSSR count). The van der Waals surface area contributed by atoms with E-state index in [9.17, 15) is 0 Å². The highest BCUT2D eigenvalue weighted by atomic mass is 14.6. The van der Waals surface area contributed by atoms with Gasteiger partial charge in [0.05, 0.1) is 0 Å². The van der Waals surface area contributed by atoms with Crippen LogP contribution in [0.3, 0.4) is 0 Å². The summed E-state index contributed by atoms with van der Waals surface area (Å²) in [6, 6.07) is 12.2. The van der Waals surface area contributed by atoms with E-state index >= 15 is 0 Å². The second-order valence-electron chi connectivity index (χ2n) is 15.7. The molecule has 0 spiro atoms. The quantitative estimate of drug-likeness (QED) is 0.325. The lowest BCUT2D eigenvalue weighted by Gasteiger charge is -2.37. The SMILES string of the molecule is CC1C2C=C(C(C)(C)C)C=C2C(C)(C)C1c1c(C(C)(C)C)ccc2c1Cc1cc(C(C)(C)C)ccc1-2. The highest BCUT2D eigenvalue weighted by Crippen LogP contribution is 2.64. The zero-order valence-electron chi connectivity index (χ0n) is 25.0. The molecule has 2 aromatic carbocycles. The Hall–Kier alpha value is -2.08. The van der Waals surface area contributed by atoms with Crippen molar-refractivity contribution in [1.29, 1.82) is 0 Å². The Labute approximate surface area is 221 Å². The monoisotopic (exact) mass is 480 g/mol. The smallest absolute Gasteiger partial charge is 0.00234 e. The molecule has 0 nitrogen and oxygen atoms in total. The highest BCUT2D eigenvalue weighted by molar-refractivity contribution is 5.80. The summed E-state index contributed by atoms with van der Waals surface area (Å²) >= 11 is 0. The molecule has 192 valence electrons. The first kappa shape index (κ1) is 25.6. The Balaban J connectivity index is 1.69. The molecule has 0 saturated heterocycles. The molecular formula is C36H48. The molecule has 0 aromatic heterocycles. The van der Waals surface area contributed by atoms with Gasteiger partial charge in [-0.15, -0.1) is 0 Å². The topological polar surface area (TPSA) is 0 Å². The molecule has 0 N–H and O–H groups in total. The second kappa shape index (κ2) is 7.72. The van der Waals surface area contributed by atoms with Crippen LogP contribution in [0.1, 0.15) is 117 Å². The predicted molar refractivity (Wildman–Crippen MR) is 157 cm³/mol. The Kier molecular flexibility index (Phi) is 5.48. The third-order valence-corrected chi connectivity index (χ3v) is 9.61. The van der Waals surface area contributed by atoms with Gasteiger partial charge in [0, 0.05) is 5.92 Å². The first-order valence-electron chi connectivity index (χ1n) is 14.2. The Morgan fingerprint density at radius 1 is 0.778 bits per heavy atom. The average molecular weight is 481 g/mol. The van der Waals surface area contributed by atoms with Gasteiger partial charge in [0.25, 0.3) is 0 Å². The molecule has 3 atom stereocenters. The van der Waals surface area contributed by atoms with E-state index in [0.29, 0.717) is 17.8 Å². The highest BCUT2D eigenvalue weighted by Gasteiger charge is 2.53. The Morgan fingerprint density at radius 2 is 1.42 bits per heavy atom. The third-order valence-electron chi connectivity index (χ3n) is 9.61. The summed E-state index contributed by atoms with van der Waals surface area (Å²) in [6.45, 7) is 28.9. The van der Waals surface area contributed by atoms with Crippen LogP contribution in [0, 0.1) is 22.7 Å². The van der Waals surface area contributed by atoms with Crippen LogP contribution in [-0.2, 0) is 17.3 Å². The summed E-state index contributed by atoms with van der Waals surface area (Å²) in [5, 5.41) is 0. The lowest BCUT2D eigenvalue weighted by Crippen LogP contribution is -2.27. The summed E-state index contributed by atoms with van der Waals surface area (Å²) in [5.74, 6) is 1.67. The zero-order valence-corrected chi connectivity index (χ0v) is 25.0. The van der Waals surface area contributed by atoms with Crippen LogP contribution in [0.25, 0.3) is 11.1 Å². The van der Waals surface area contributed by atoms with E-state index < -0.39 is 0 Å². The summed E-state index contributed by atoms with van der Waals surface area (Å²) < 4.78 is 0. The van der Waals surface area contributed by atoms with E-state index in [1.165, 1.54) is 27.8 Å². The van der Waals surface area contributed by atoms with E-state index in [0.717, 1.165) is 6.42 Å². The fourth-order valence-electron chi connectivity index (χ4n) is 7.56. The maximum Gasteiger partial charge on any atom is 0.00234 e. The fourth-order valence-corrected chi connectivity index (χ4v) is 7.56. The number of benzene rings is 2. The van der Waals surface area contributed by atoms with Crippen LogP contribution in [0.2, 0.25) is 0 Å². The number of fused-ring (bicyclic) bond motifs is 4.